The highest BCUT2D eigenvalue weighted by Gasteiger charge is 2.58. The Labute approximate surface area is 185 Å². The molecule has 2 aromatic rings. The number of ether oxygens (including phenoxy) is 4. The first kappa shape index (κ1) is 24.3. The van der Waals surface area contributed by atoms with Gasteiger partial charge in [0.2, 0.25) is 0 Å². The van der Waals surface area contributed by atoms with Crippen LogP contribution in [-0.2, 0) is 51.3 Å². The summed E-state index contributed by atoms with van der Waals surface area (Å²) in [6.07, 6.45) is -0.729. The van der Waals surface area contributed by atoms with Crippen molar-refractivity contribution in [3.63, 3.8) is 0 Å². The average molecular weight is 440 g/mol. The van der Waals surface area contributed by atoms with Gasteiger partial charge in [-0.3, -0.25) is 14.4 Å². The van der Waals surface area contributed by atoms with Crippen LogP contribution < -0.4 is 0 Å². The van der Waals surface area contributed by atoms with Gasteiger partial charge in [0, 0.05) is 12.0 Å². The van der Waals surface area contributed by atoms with Crippen LogP contribution in [0.25, 0.3) is 0 Å². The van der Waals surface area contributed by atoms with E-state index in [9.17, 15) is 19.2 Å². The van der Waals surface area contributed by atoms with Crippen LogP contribution >= 0.6 is 0 Å². The molecule has 2 aromatic carbocycles. The zero-order valence-corrected chi connectivity index (χ0v) is 17.9. The van der Waals surface area contributed by atoms with E-state index in [-0.39, 0.29) is 18.8 Å². The van der Waals surface area contributed by atoms with Crippen molar-refractivity contribution in [1.29, 1.82) is 0 Å². The van der Waals surface area contributed by atoms with E-state index >= 15 is 0 Å². The lowest BCUT2D eigenvalue weighted by Crippen LogP contribution is -2.49. The van der Waals surface area contributed by atoms with Crippen molar-refractivity contribution in [3.8, 4) is 0 Å². The van der Waals surface area contributed by atoms with Crippen LogP contribution in [0.1, 0.15) is 17.5 Å². The molecule has 0 aliphatic carbocycles. The molecule has 0 atom stereocenters. The Kier molecular flexibility index (Phi) is 8.71. The number of benzene rings is 2. The van der Waals surface area contributed by atoms with Crippen molar-refractivity contribution < 1.29 is 38.1 Å². The van der Waals surface area contributed by atoms with Crippen LogP contribution in [0.2, 0.25) is 0 Å². The summed E-state index contributed by atoms with van der Waals surface area (Å²) >= 11 is 0. The molecule has 2 rings (SSSR count). The van der Waals surface area contributed by atoms with E-state index in [0.29, 0.717) is 5.56 Å². The maximum absolute atomic E-state index is 13.0. The third kappa shape index (κ3) is 5.81. The number of hydrogen-bond acceptors (Lipinski definition) is 8. The van der Waals surface area contributed by atoms with Gasteiger partial charge < -0.3 is 18.9 Å². The van der Waals surface area contributed by atoms with Gasteiger partial charge in [0.25, 0.3) is 5.41 Å². The van der Waals surface area contributed by atoms with Gasteiger partial charge in [0.15, 0.2) is 0 Å². The van der Waals surface area contributed by atoms with E-state index in [4.69, 9.17) is 9.47 Å². The van der Waals surface area contributed by atoms with Crippen LogP contribution in [-0.4, -0.2) is 38.1 Å². The lowest BCUT2D eigenvalue weighted by atomic mass is 9.81. The first-order chi connectivity index (χ1) is 15.3. The number of carbonyl (C=O) groups excluding carboxylic acids is 4. The Morgan fingerprint density at radius 2 is 1.16 bits per heavy atom. The van der Waals surface area contributed by atoms with Crippen molar-refractivity contribution in [2.45, 2.75) is 19.6 Å². The minimum Gasteiger partial charge on any atom is -0.468 e. The SMILES string of the molecule is C=C(CC(C(=O)OC)(C(=O)OC)C(=O)OCc1ccccc1)C(=O)OCc1ccccc1. The summed E-state index contributed by atoms with van der Waals surface area (Å²) in [5.41, 5.74) is -1.51. The first-order valence-corrected chi connectivity index (χ1v) is 9.62. The molecule has 0 heterocycles. The molecule has 8 nitrogen and oxygen atoms in total. The van der Waals surface area contributed by atoms with Gasteiger partial charge in [-0.2, -0.15) is 0 Å². The van der Waals surface area contributed by atoms with E-state index in [1.54, 1.807) is 54.6 Å². The molecule has 168 valence electrons. The standard InChI is InChI=1S/C24H24O8/c1-17(20(25)31-15-18-10-6-4-7-11-18)14-24(21(26)29-2,22(27)30-3)23(28)32-16-19-12-8-5-9-13-19/h4-13H,1,14-16H2,2-3H3. The molecule has 0 unspecified atom stereocenters. The van der Waals surface area contributed by atoms with Crippen LogP contribution in [0, 0.1) is 5.41 Å². The van der Waals surface area contributed by atoms with Crippen LogP contribution in [0.5, 0.6) is 0 Å². The first-order valence-electron chi connectivity index (χ1n) is 9.62. The monoisotopic (exact) mass is 440 g/mol. The molecule has 0 aliphatic rings. The van der Waals surface area contributed by atoms with E-state index in [1.165, 1.54) is 0 Å². The topological polar surface area (TPSA) is 105 Å². The summed E-state index contributed by atoms with van der Waals surface area (Å²) in [5.74, 6) is -4.59. The predicted molar refractivity (Wildman–Crippen MR) is 113 cm³/mol. The summed E-state index contributed by atoms with van der Waals surface area (Å²) in [6.45, 7) is 3.32. The quantitative estimate of drug-likeness (QED) is 0.240. The fourth-order valence-electron chi connectivity index (χ4n) is 2.88. The molecule has 0 fully saturated rings. The van der Waals surface area contributed by atoms with Crippen molar-refractivity contribution in [3.05, 3.63) is 83.9 Å². The molecule has 0 aliphatic heterocycles. The molecular weight excluding hydrogens is 416 g/mol. The smallest absolute Gasteiger partial charge is 0.335 e. The maximum Gasteiger partial charge on any atom is 0.335 e. The van der Waals surface area contributed by atoms with Gasteiger partial charge in [0.1, 0.15) is 13.2 Å². The molecule has 0 bridgehead atoms. The molecule has 0 aromatic heterocycles. The second kappa shape index (κ2) is 11.5. The Hall–Kier alpha value is -3.94. The lowest BCUT2D eigenvalue weighted by Gasteiger charge is -2.26. The van der Waals surface area contributed by atoms with E-state index in [1.807, 2.05) is 6.07 Å². The molecule has 0 amide bonds. The van der Waals surface area contributed by atoms with Crippen molar-refractivity contribution in [2.24, 2.45) is 5.41 Å². The highest BCUT2D eigenvalue weighted by Crippen LogP contribution is 2.32. The third-order valence-corrected chi connectivity index (χ3v) is 4.61. The minimum atomic E-state index is -2.57. The molecule has 0 saturated heterocycles. The number of hydrogen-bond donors (Lipinski definition) is 0. The van der Waals surface area contributed by atoms with Crippen LogP contribution in [0.3, 0.4) is 0 Å². The summed E-state index contributed by atoms with van der Waals surface area (Å²) < 4.78 is 19.8. The number of carbonyl (C=O) groups is 4. The average Bonchev–Trinajstić information content (AvgIpc) is 2.84. The molecule has 0 radical (unpaired) electrons. The molecule has 0 spiro atoms. The van der Waals surface area contributed by atoms with Crippen molar-refractivity contribution in [2.75, 3.05) is 14.2 Å². The zero-order chi connectivity index (χ0) is 23.6. The van der Waals surface area contributed by atoms with Crippen molar-refractivity contribution in [1.82, 2.24) is 0 Å². The van der Waals surface area contributed by atoms with Gasteiger partial charge in [-0.25, -0.2) is 4.79 Å². The summed E-state index contributed by atoms with van der Waals surface area (Å²) in [6, 6.07) is 17.5. The number of esters is 4. The number of rotatable bonds is 10. The molecule has 0 saturated carbocycles. The number of methoxy groups -OCH3 is 2. The third-order valence-electron chi connectivity index (χ3n) is 4.61. The predicted octanol–water partition coefficient (Wildman–Crippen LogP) is 2.75. The van der Waals surface area contributed by atoms with Gasteiger partial charge in [-0.15, -0.1) is 0 Å². The second-order valence-electron chi connectivity index (χ2n) is 6.79. The largest absolute Gasteiger partial charge is 0.468 e. The second-order valence-corrected chi connectivity index (χ2v) is 6.79. The summed E-state index contributed by atoms with van der Waals surface area (Å²) in [7, 11) is 2.00. The molecule has 0 N–H and O–H groups in total. The molecule has 32 heavy (non-hydrogen) atoms. The summed E-state index contributed by atoms with van der Waals surface area (Å²) in [5, 5.41) is 0. The van der Waals surface area contributed by atoms with Gasteiger partial charge in [-0.1, -0.05) is 67.2 Å². The van der Waals surface area contributed by atoms with E-state index in [0.717, 1.165) is 19.8 Å². The van der Waals surface area contributed by atoms with Crippen LogP contribution in [0.4, 0.5) is 0 Å². The Morgan fingerprint density at radius 1 is 0.719 bits per heavy atom. The van der Waals surface area contributed by atoms with E-state index < -0.39 is 35.7 Å². The van der Waals surface area contributed by atoms with Gasteiger partial charge in [0.05, 0.1) is 14.2 Å². The minimum absolute atomic E-state index is 0.0550. The van der Waals surface area contributed by atoms with Crippen molar-refractivity contribution >= 4 is 23.9 Å². The fraction of sp³-hybridized carbons (Fsp3) is 0.250. The van der Waals surface area contributed by atoms with Crippen LogP contribution in [0.15, 0.2) is 72.8 Å². The maximum atomic E-state index is 13.0. The lowest BCUT2D eigenvalue weighted by molar-refractivity contribution is -0.182. The zero-order valence-electron chi connectivity index (χ0n) is 17.9. The van der Waals surface area contributed by atoms with Gasteiger partial charge in [-0.05, 0) is 11.1 Å². The molecule has 8 heteroatoms. The summed E-state index contributed by atoms with van der Waals surface area (Å²) in [4.78, 5) is 50.6. The Morgan fingerprint density at radius 3 is 1.59 bits per heavy atom. The van der Waals surface area contributed by atoms with Gasteiger partial charge >= 0.3 is 23.9 Å². The highest BCUT2D eigenvalue weighted by atomic mass is 16.6. The van der Waals surface area contributed by atoms with E-state index in [2.05, 4.69) is 16.1 Å². The molecular formula is C24H24O8. The normalized spacial score (nSPS) is 10.6. The fourth-order valence-corrected chi connectivity index (χ4v) is 2.88. The highest BCUT2D eigenvalue weighted by molar-refractivity contribution is 6.18. The Balaban J connectivity index is 2.21. The Bertz CT molecular complexity index is 950.